The van der Waals surface area contributed by atoms with E-state index < -0.39 is 0 Å². The molecule has 1 saturated heterocycles. The van der Waals surface area contributed by atoms with Crippen LogP contribution in [0.15, 0.2) is 65.8 Å². The Balaban J connectivity index is 1.76. The Bertz CT molecular complexity index is 625. The molecule has 0 spiro atoms. The van der Waals surface area contributed by atoms with Gasteiger partial charge in [0.1, 0.15) is 0 Å². The molecule has 2 aromatic rings. The predicted octanol–water partition coefficient (Wildman–Crippen LogP) is 3.80. The van der Waals surface area contributed by atoms with E-state index in [1.54, 1.807) is 0 Å². The van der Waals surface area contributed by atoms with Crippen LogP contribution in [0.4, 0.5) is 0 Å². The SMILES string of the molecule is NN=C1[C@H]2CCC[C@@H]1[C@H](c1ccccc1)N[C@@H]2c1ccccc1. The molecule has 2 fully saturated rings. The largest absolute Gasteiger partial charge is 0.323 e. The third kappa shape index (κ3) is 2.55. The Labute approximate surface area is 137 Å². The van der Waals surface area contributed by atoms with Crippen LogP contribution >= 0.6 is 0 Å². The standard InChI is InChI=1S/C20H23N3/c21-23-20-16-12-7-13-17(20)19(15-10-5-2-6-11-15)22-18(16)14-8-3-1-4-9-14/h1-6,8-11,16-19,22H,7,12-13,21H2/t16-,17+,18+,19-. The number of nitrogens with zero attached hydrogens (tertiary/aromatic N) is 1. The molecule has 4 rings (SSSR count). The van der Waals surface area contributed by atoms with Crippen molar-refractivity contribution in [2.75, 3.05) is 0 Å². The van der Waals surface area contributed by atoms with E-state index in [4.69, 9.17) is 5.84 Å². The second-order valence-corrected chi connectivity index (χ2v) is 6.64. The number of hydrogen-bond acceptors (Lipinski definition) is 3. The summed E-state index contributed by atoms with van der Waals surface area (Å²) in [6.45, 7) is 0. The average Bonchev–Trinajstić information content (AvgIpc) is 2.63. The molecule has 0 unspecified atom stereocenters. The molecule has 2 bridgehead atoms. The summed E-state index contributed by atoms with van der Waals surface area (Å²) in [7, 11) is 0. The van der Waals surface area contributed by atoms with Crippen molar-refractivity contribution in [1.29, 1.82) is 0 Å². The second kappa shape index (κ2) is 6.17. The molecule has 2 aromatic carbocycles. The Kier molecular flexibility index (Phi) is 3.88. The van der Waals surface area contributed by atoms with E-state index in [9.17, 15) is 0 Å². The molecule has 2 aliphatic rings. The van der Waals surface area contributed by atoms with Crippen molar-refractivity contribution in [3.63, 3.8) is 0 Å². The van der Waals surface area contributed by atoms with Crippen LogP contribution in [0.2, 0.25) is 0 Å². The monoisotopic (exact) mass is 305 g/mol. The van der Waals surface area contributed by atoms with Crippen LogP contribution in [-0.4, -0.2) is 5.71 Å². The van der Waals surface area contributed by atoms with Gasteiger partial charge in [-0.1, -0.05) is 67.1 Å². The van der Waals surface area contributed by atoms with Crippen molar-refractivity contribution in [3.8, 4) is 0 Å². The van der Waals surface area contributed by atoms with Gasteiger partial charge >= 0.3 is 0 Å². The van der Waals surface area contributed by atoms with Crippen LogP contribution in [0, 0.1) is 11.8 Å². The summed E-state index contributed by atoms with van der Waals surface area (Å²) in [5, 5.41) is 8.18. The number of nitrogens with one attached hydrogen (secondary N) is 1. The molecule has 1 saturated carbocycles. The number of nitrogens with two attached hydrogens (primary N) is 1. The maximum absolute atomic E-state index is 5.83. The molecule has 4 atom stereocenters. The molecule has 1 aliphatic heterocycles. The highest BCUT2D eigenvalue weighted by atomic mass is 15.1. The fourth-order valence-electron chi connectivity index (χ4n) is 4.40. The van der Waals surface area contributed by atoms with E-state index in [2.05, 4.69) is 71.1 Å². The second-order valence-electron chi connectivity index (χ2n) is 6.64. The van der Waals surface area contributed by atoms with Gasteiger partial charge in [0.2, 0.25) is 0 Å². The fraction of sp³-hybridized carbons (Fsp3) is 0.350. The zero-order chi connectivity index (χ0) is 15.6. The Morgan fingerprint density at radius 1 is 0.783 bits per heavy atom. The van der Waals surface area contributed by atoms with Crippen LogP contribution in [0.1, 0.15) is 42.5 Å². The van der Waals surface area contributed by atoms with Gasteiger partial charge in [0.25, 0.3) is 0 Å². The highest BCUT2D eigenvalue weighted by Crippen LogP contribution is 2.46. The molecule has 3 N–H and O–H groups in total. The Morgan fingerprint density at radius 2 is 1.26 bits per heavy atom. The maximum atomic E-state index is 5.83. The predicted molar refractivity (Wildman–Crippen MR) is 94.0 cm³/mol. The quantitative estimate of drug-likeness (QED) is 0.655. The summed E-state index contributed by atoms with van der Waals surface area (Å²) >= 11 is 0. The van der Waals surface area contributed by atoms with Crippen molar-refractivity contribution >= 4 is 5.71 Å². The number of hydrazone groups is 1. The molecular weight excluding hydrogens is 282 g/mol. The molecule has 1 aliphatic carbocycles. The maximum Gasteiger partial charge on any atom is 0.0475 e. The Morgan fingerprint density at radius 3 is 1.70 bits per heavy atom. The molecule has 3 nitrogen and oxygen atoms in total. The van der Waals surface area contributed by atoms with Crippen LogP contribution in [-0.2, 0) is 0 Å². The zero-order valence-corrected chi connectivity index (χ0v) is 13.2. The molecule has 0 amide bonds. The van der Waals surface area contributed by atoms with E-state index in [-0.39, 0.29) is 0 Å². The van der Waals surface area contributed by atoms with E-state index in [0.29, 0.717) is 23.9 Å². The van der Waals surface area contributed by atoms with Gasteiger partial charge in [-0.15, -0.1) is 0 Å². The summed E-state index contributed by atoms with van der Waals surface area (Å²) in [6, 6.07) is 22.0. The summed E-state index contributed by atoms with van der Waals surface area (Å²) in [5.41, 5.74) is 3.87. The highest BCUT2D eigenvalue weighted by Gasteiger charge is 2.44. The molecular formula is C20H23N3. The minimum atomic E-state index is 0.292. The van der Waals surface area contributed by atoms with E-state index >= 15 is 0 Å². The van der Waals surface area contributed by atoms with Gasteiger partial charge in [0.05, 0.1) is 0 Å². The normalized spacial score (nSPS) is 31.9. The lowest BCUT2D eigenvalue weighted by Gasteiger charge is -2.47. The van der Waals surface area contributed by atoms with Crippen molar-refractivity contribution in [2.45, 2.75) is 31.3 Å². The van der Waals surface area contributed by atoms with Gasteiger partial charge in [-0.25, -0.2) is 0 Å². The van der Waals surface area contributed by atoms with Gasteiger partial charge in [-0.05, 0) is 24.0 Å². The lowest BCUT2D eigenvalue weighted by atomic mass is 9.67. The van der Waals surface area contributed by atoms with E-state index in [1.807, 2.05) is 0 Å². The van der Waals surface area contributed by atoms with Crippen molar-refractivity contribution < 1.29 is 0 Å². The van der Waals surface area contributed by atoms with Gasteiger partial charge < -0.3 is 11.2 Å². The van der Waals surface area contributed by atoms with Crippen LogP contribution in [0.5, 0.6) is 0 Å². The van der Waals surface area contributed by atoms with Crippen molar-refractivity contribution in [1.82, 2.24) is 5.32 Å². The molecule has 0 radical (unpaired) electrons. The number of hydrogen-bond donors (Lipinski definition) is 2. The van der Waals surface area contributed by atoms with Crippen LogP contribution in [0.25, 0.3) is 0 Å². The lowest BCUT2D eigenvalue weighted by Crippen LogP contribution is -2.51. The van der Waals surface area contributed by atoms with Crippen molar-refractivity contribution in [2.24, 2.45) is 22.8 Å². The fourth-order valence-corrected chi connectivity index (χ4v) is 4.40. The molecule has 1 heterocycles. The van der Waals surface area contributed by atoms with Gasteiger partial charge in [0.15, 0.2) is 0 Å². The first-order chi connectivity index (χ1) is 11.4. The third-order valence-corrected chi connectivity index (χ3v) is 5.42. The minimum Gasteiger partial charge on any atom is -0.323 e. The van der Waals surface area contributed by atoms with Crippen LogP contribution < -0.4 is 11.2 Å². The first kappa shape index (κ1) is 14.5. The number of piperidine rings is 1. The summed E-state index contributed by atoms with van der Waals surface area (Å²) < 4.78 is 0. The smallest absolute Gasteiger partial charge is 0.0475 e. The Hall–Kier alpha value is -2.13. The highest BCUT2D eigenvalue weighted by molar-refractivity contribution is 5.91. The minimum absolute atomic E-state index is 0.292. The molecule has 3 heteroatoms. The zero-order valence-electron chi connectivity index (χ0n) is 13.2. The van der Waals surface area contributed by atoms with Gasteiger partial charge in [0, 0.05) is 29.6 Å². The summed E-state index contributed by atoms with van der Waals surface area (Å²) in [6.07, 6.45) is 3.59. The molecule has 23 heavy (non-hydrogen) atoms. The van der Waals surface area contributed by atoms with Crippen molar-refractivity contribution in [3.05, 3.63) is 71.8 Å². The van der Waals surface area contributed by atoms with E-state index in [1.165, 1.54) is 36.1 Å². The van der Waals surface area contributed by atoms with Crippen LogP contribution in [0.3, 0.4) is 0 Å². The molecule has 118 valence electrons. The van der Waals surface area contributed by atoms with E-state index in [0.717, 1.165) is 0 Å². The summed E-state index contributed by atoms with van der Waals surface area (Å²) in [4.78, 5) is 0. The lowest BCUT2D eigenvalue weighted by molar-refractivity contribution is 0.233. The summed E-state index contributed by atoms with van der Waals surface area (Å²) in [5.74, 6) is 6.67. The molecule has 0 aromatic heterocycles. The van der Waals surface area contributed by atoms with Gasteiger partial charge in [-0.2, -0.15) is 5.10 Å². The number of fused-ring (bicyclic) bond motifs is 2. The average molecular weight is 305 g/mol. The van der Waals surface area contributed by atoms with Gasteiger partial charge in [-0.3, -0.25) is 0 Å². The number of rotatable bonds is 2. The number of benzene rings is 2. The first-order valence-corrected chi connectivity index (χ1v) is 8.52. The topological polar surface area (TPSA) is 50.4 Å². The third-order valence-electron chi connectivity index (χ3n) is 5.42. The first-order valence-electron chi connectivity index (χ1n) is 8.52.